The van der Waals surface area contributed by atoms with Crippen molar-refractivity contribution in [3.8, 4) is 0 Å². The van der Waals surface area contributed by atoms with Gasteiger partial charge in [0.1, 0.15) is 0 Å². The van der Waals surface area contributed by atoms with Crippen molar-refractivity contribution >= 4 is 34.0 Å². The zero-order chi connectivity index (χ0) is 11.5. The summed E-state index contributed by atoms with van der Waals surface area (Å²) in [7, 11) is 4.05. The molecule has 0 bridgehead atoms. The third-order valence-electron chi connectivity index (χ3n) is 2.12. The Hall–Kier alpha value is -0.283. The molecule has 0 unspecified atom stereocenters. The summed E-state index contributed by atoms with van der Waals surface area (Å²) in [6.45, 7) is 2.08. The Bertz CT molecular complexity index is 350. The van der Waals surface area contributed by atoms with E-state index in [1.807, 2.05) is 32.3 Å². The van der Waals surface area contributed by atoms with Crippen LogP contribution in [0.3, 0.4) is 0 Å². The van der Waals surface area contributed by atoms with Gasteiger partial charge >= 0.3 is 6.69 Å². The Morgan fingerprint density at radius 2 is 1.93 bits per heavy atom. The van der Waals surface area contributed by atoms with E-state index in [0.717, 1.165) is 11.7 Å². The van der Waals surface area contributed by atoms with Crippen LogP contribution >= 0.6 is 22.2 Å². The number of benzene rings is 1. The smallest absolute Gasteiger partial charge is 0.303 e. The topological polar surface area (TPSA) is 3.24 Å². The molecule has 0 atom stereocenters. The lowest BCUT2D eigenvalue weighted by Gasteiger charge is -2.19. The maximum Gasteiger partial charge on any atom is 0.303 e. The van der Waals surface area contributed by atoms with Gasteiger partial charge in [-0.05, 0) is 24.8 Å². The lowest BCUT2D eigenvalue weighted by atomic mass is 10.2. The van der Waals surface area contributed by atoms with Crippen LogP contribution in [0, 0.1) is 0 Å². The van der Waals surface area contributed by atoms with Gasteiger partial charge in [0.25, 0.3) is 0 Å². The van der Waals surface area contributed by atoms with Crippen LogP contribution in [-0.4, -0.2) is 25.7 Å². The van der Waals surface area contributed by atoms with Crippen molar-refractivity contribution in [2.24, 2.45) is 0 Å². The predicted octanol–water partition coefficient (Wildman–Crippen LogP) is 2.60. The van der Waals surface area contributed by atoms with Crippen LogP contribution in [0.4, 0.5) is 0 Å². The van der Waals surface area contributed by atoms with Crippen molar-refractivity contribution in [2.75, 3.05) is 14.1 Å². The predicted molar refractivity (Wildman–Crippen MR) is 71.1 cm³/mol. The molecule has 0 aliphatic carbocycles. The molecule has 0 fully saturated rings. The van der Waals surface area contributed by atoms with Gasteiger partial charge in [-0.15, -0.1) is 28.7 Å². The molecule has 0 saturated heterocycles. The van der Waals surface area contributed by atoms with Crippen LogP contribution in [0.25, 0.3) is 0 Å². The molecule has 0 amide bonds. The molecule has 15 heavy (non-hydrogen) atoms. The monoisotopic (exact) mass is 259 g/mol. The van der Waals surface area contributed by atoms with Crippen molar-refractivity contribution in [3.05, 3.63) is 42.1 Å². The third-order valence-corrected chi connectivity index (χ3v) is 5.99. The molecule has 1 aromatic carbocycles. The fourth-order valence-corrected chi connectivity index (χ4v) is 3.67. The highest BCUT2D eigenvalue weighted by atomic mass is 35.7. The average Bonchev–Trinajstić information content (AvgIpc) is 2.17. The molecule has 0 radical (unpaired) electrons. The van der Waals surface area contributed by atoms with Gasteiger partial charge in [0.2, 0.25) is 0 Å². The minimum atomic E-state index is -2.48. The van der Waals surface area contributed by atoms with E-state index in [1.54, 1.807) is 5.70 Å². The Kier molecular flexibility index (Phi) is 4.41. The quantitative estimate of drug-likeness (QED) is 0.594. The lowest BCUT2D eigenvalue weighted by Crippen LogP contribution is -2.38. The minimum Gasteiger partial charge on any atom is -0.305 e. The fraction of sp³-hybridized carbons (Fsp3) is 0.273. The highest BCUT2D eigenvalue weighted by Crippen LogP contribution is 2.18. The van der Waals surface area contributed by atoms with Gasteiger partial charge in [0, 0.05) is 6.54 Å². The van der Waals surface area contributed by atoms with Crippen molar-refractivity contribution < 1.29 is 0 Å². The van der Waals surface area contributed by atoms with E-state index in [4.69, 9.17) is 22.2 Å². The average molecular weight is 260 g/mol. The van der Waals surface area contributed by atoms with E-state index >= 15 is 0 Å². The van der Waals surface area contributed by atoms with Crippen molar-refractivity contribution in [2.45, 2.75) is 6.54 Å². The molecule has 0 heterocycles. The molecular formula is C11H15Cl2NSi. The van der Waals surface area contributed by atoms with Gasteiger partial charge in [0.05, 0.1) is 0 Å². The van der Waals surface area contributed by atoms with Gasteiger partial charge in [-0.25, -0.2) is 0 Å². The summed E-state index contributed by atoms with van der Waals surface area (Å²) in [5.41, 5.74) is 2.86. The number of rotatable bonds is 4. The second-order valence-corrected chi connectivity index (χ2v) is 10.1. The molecule has 4 heteroatoms. The normalized spacial score (nSPS) is 11.8. The number of hydrogen-bond acceptors (Lipinski definition) is 1. The molecule has 0 aliphatic heterocycles. The van der Waals surface area contributed by atoms with Crippen LogP contribution in [0.2, 0.25) is 0 Å². The molecular weight excluding hydrogens is 245 g/mol. The first-order valence-electron chi connectivity index (χ1n) is 4.72. The maximum absolute atomic E-state index is 6.30. The van der Waals surface area contributed by atoms with Crippen LogP contribution in [0.15, 0.2) is 36.5 Å². The van der Waals surface area contributed by atoms with Gasteiger partial charge in [0.15, 0.2) is 0 Å². The first kappa shape index (κ1) is 12.8. The van der Waals surface area contributed by atoms with Gasteiger partial charge in [-0.3, -0.25) is 0 Å². The largest absolute Gasteiger partial charge is 0.305 e. The van der Waals surface area contributed by atoms with Crippen LogP contribution in [0.1, 0.15) is 5.56 Å². The Morgan fingerprint density at radius 3 is 2.47 bits per heavy atom. The third kappa shape index (κ3) is 3.35. The molecule has 0 spiro atoms. The number of nitrogens with zero attached hydrogens (tertiary/aromatic N) is 1. The van der Waals surface area contributed by atoms with Crippen molar-refractivity contribution in [1.82, 2.24) is 4.90 Å². The molecule has 1 rings (SSSR count). The molecule has 0 aliphatic rings. The zero-order valence-corrected chi connectivity index (χ0v) is 11.5. The Balaban J connectivity index is 3.11. The molecule has 0 aromatic heterocycles. The van der Waals surface area contributed by atoms with Crippen LogP contribution < -0.4 is 5.19 Å². The Morgan fingerprint density at radius 1 is 1.33 bits per heavy atom. The van der Waals surface area contributed by atoms with Crippen molar-refractivity contribution in [3.63, 3.8) is 0 Å². The van der Waals surface area contributed by atoms with Gasteiger partial charge in [-0.1, -0.05) is 30.0 Å². The number of halogens is 2. The zero-order valence-electron chi connectivity index (χ0n) is 9.00. The fourth-order valence-electron chi connectivity index (χ4n) is 1.43. The molecule has 0 N–H and O–H groups in total. The summed E-state index contributed by atoms with van der Waals surface area (Å²) >= 11 is 12.6. The summed E-state index contributed by atoms with van der Waals surface area (Å²) in [5, 5.41) is 1.04. The highest BCUT2D eigenvalue weighted by molar-refractivity contribution is 7.53. The SMILES string of the molecule is C=C[Si](Cl)(Cl)c1ccccc1CN(C)C. The maximum atomic E-state index is 6.30. The van der Waals surface area contributed by atoms with E-state index in [2.05, 4.69) is 17.5 Å². The number of hydrogen-bond donors (Lipinski definition) is 0. The second kappa shape index (κ2) is 5.17. The summed E-state index contributed by atoms with van der Waals surface area (Å²) in [5.74, 6) is 0. The van der Waals surface area contributed by atoms with Crippen LogP contribution in [0.5, 0.6) is 0 Å². The lowest BCUT2D eigenvalue weighted by molar-refractivity contribution is 0.403. The summed E-state index contributed by atoms with van der Waals surface area (Å²) in [4.78, 5) is 2.10. The van der Waals surface area contributed by atoms with Crippen LogP contribution in [-0.2, 0) is 6.54 Å². The van der Waals surface area contributed by atoms with E-state index < -0.39 is 6.69 Å². The second-order valence-electron chi connectivity index (χ2n) is 3.72. The van der Waals surface area contributed by atoms with E-state index in [1.165, 1.54) is 5.56 Å². The Labute approximate surface area is 102 Å². The van der Waals surface area contributed by atoms with Crippen molar-refractivity contribution in [1.29, 1.82) is 0 Å². The minimum absolute atomic E-state index is 0.845. The van der Waals surface area contributed by atoms with E-state index in [0.29, 0.717) is 0 Å². The first-order chi connectivity index (χ1) is 6.97. The molecule has 1 aromatic rings. The first-order valence-corrected chi connectivity index (χ1v) is 8.82. The van der Waals surface area contributed by atoms with E-state index in [-0.39, 0.29) is 0 Å². The molecule has 82 valence electrons. The molecule has 1 nitrogen and oxygen atoms in total. The standard InChI is InChI=1S/C11H15Cl2NSi/c1-4-15(12,13)11-8-6-5-7-10(11)9-14(2)3/h4-8H,1,9H2,2-3H3. The highest BCUT2D eigenvalue weighted by Gasteiger charge is 2.29. The summed E-state index contributed by atoms with van der Waals surface area (Å²) < 4.78 is 0. The summed E-state index contributed by atoms with van der Waals surface area (Å²) in [6, 6.07) is 8.02. The van der Waals surface area contributed by atoms with Gasteiger partial charge in [-0.2, -0.15) is 0 Å². The molecule has 0 saturated carbocycles. The summed E-state index contributed by atoms with van der Waals surface area (Å²) in [6.07, 6.45) is 0. The van der Waals surface area contributed by atoms with Gasteiger partial charge < -0.3 is 4.90 Å². The van der Waals surface area contributed by atoms with E-state index in [9.17, 15) is 0 Å².